The number of hydrogen-bond acceptors (Lipinski definition) is 4. The van der Waals surface area contributed by atoms with Crippen molar-refractivity contribution < 1.29 is 18.3 Å². The van der Waals surface area contributed by atoms with E-state index < -0.39 is 21.2 Å². The van der Waals surface area contributed by atoms with Crippen molar-refractivity contribution in [2.24, 2.45) is 5.41 Å². The second-order valence-electron chi connectivity index (χ2n) is 5.37. The van der Waals surface area contributed by atoms with Crippen LogP contribution in [0.3, 0.4) is 0 Å². The van der Waals surface area contributed by atoms with Crippen LogP contribution in [0.15, 0.2) is 0 Å². The van der Waals surface area contributed by atoms with Crippen molar-refractivity contribution in [1.82, 2.24) is 4.90 Å². The number of carboxylic acid groups (broad SMARTS) is 1. The lowest BCUT2D eigenvalue weighted by molar-refractivity contribution is -0.152. The van der Waals surface area contributed by atoms with Gasteiger partial charge in [0.25, 0.3) is 0 Å². The van der Waals surface area contributed by atoms with Gasteiger partial charge < -0.3 is 10.0 Å². The number of hydrogen-bond donors (Lipinski definition) is 1. The summed E-state index contributed by atoms with van der Waals surface area (Å²) in [6.07, 6.45) is 2.64. The molecule has 112 valence electrons. The molecule has 1 saturated heterocycles. The molecule has 0 aromatic carbocycles. The molecule has 0 aliphatic carbocycles. The minimum absolute atomic E-state index is 0.199. The number of nitrogens with zero attached hydrogens (tertiary/aromatic N) is 1. The Morgan fingerprint density at radius 1 is 1.26 bits per heavy atom. The molecule has 1 fully saturated rings. The third-order valence-electron chi connectivity index (χ3n) is 4.31. The number of carboxylic acids is 1. The third kappa shape index (κ3) is 4.45. The van der Waals surface area contributed by atoms with E-state index in [0.29, 0.717) is 25.7 Å². The maximum atomic E-state index is 11.4. The van der Waals surface area contributed by atoms with Gasteiger partial charge in [0, 0.05) is 5.75 Å². The number of piperidine rings is 1. The van der Waals surface area contributed by atoms with Crippen LogP contribution in [0.25, 0.3) is 0 Å². The molecule has 19 heavy (non-hydrogen) atoms. The van der Waals surface area contributed by atoms with Gasteiger partial charge in [-0.1, -0.05) is 13.8 Å². The first-order chi connectivity index (χ1) is 8.85. The Morgan fingerprint density at radius 3 is 2.26 bits per heavy atom. The lowest BCUT2D eigenvalue weighted by atomic mass is 9.76. The van der Waals surface area contributed by atoms with Crippen molar-refractivity contribution in [2.45, 2.75) is 39.5 Å². The minimum Gasteiger partial charge on any atom is -0.481 e. The molecule has 0 bridgehead atoms. The van der Waals surface area contributed by atoms with Gasteiger partial charge in [-0.15, -0.1) is 0 Å². The van der Waals surface area contributed by atoms with Gasteiger partial charge >= 0.3 is 5.97 Å². The van der Waals surface area contributed by atoms with Crippen LogP contribution in [0, 0.1) is 5.41 Å². The number of rotatable bonds is 7. The molecule has 0 aromatic rings. The molecule has 1 rings (SSSR count). The molecule has 0 spiro atoms. The predicted molar refractivity (Wildman–Crippen MR) is 75.0 cm³/mol. The van der Waals surface area contributed by atoms with Crippen molar-refractivity contribution in [3.8, 4) is 0 Å². The molecule has 1 aliphatic heterocycles. The molecule has 0 aromatic heterocycles. The molecule has 0 saturated carbocycles. The summed E-state index contributed by atoms with van der Waals surface area (Å²) < 4.78 is 22.8. The first-order valence-electron chi connectivity index (χ1n) is 7.01. The van der Waals surface area contributed by atoms with Gasteiger partial charge in [0.1, 0.15) is 9.84 Å². The molecule has 1 heterocycles. The first-order valence-corrected chi connectivity index (χ1v) is 8.83. The monoisotopic (exact) mass is 291 g/mol. The van der Waals surface area contributed by atoms with Crippen LogP contribution in [0.2, 0.25) is 0 Å². The summed E-state index contributed by atoms with van der Waals surface area (Å²) in [5, 5.41) is 9.29. The number of sulfone groups is 1. The molecule has 0 amide bonds. The zero-order chi connectivity index (χ0) is 14.5. The molecule has 0 unspecified atom stereocenters. The summed E-state index contributed by atoms with van der Waals surface area (Å²) in [5.74, 6) is -0.258. The van der Waals surface area contributed by atoms with Gasteiger partial charge in [-0.25, -0.2) is 8.42 Å². The molecule has 6 heteroatoms. The lowest BCUT2D eigenvalue weighted by Crippen LogP contribution is -2.44. The van der Waals surface area contributed by atoms with Crippen LogP contribution in [0.1, 0.15) is 39.5 Å². The zero-order valence-corrected chi connectivity index (χ0v) is 12.7. The summed E-state index contributed by atoms with van der Waals surface area (Å²) in [4.78, 5) is 13.5. The Kier molecular flexibility index (Phi) is 5.80. The summed E-state index contributed by atoms with van der Waals surface area (Å²) in [6.45, 7) is 5.85. The predicted octanol–water partition coefficient (Wildman–Crippen LogP) is 1.39. The fraction of sp³-hybridized carbons (Fsp3) is 0.923. The average molecular weight is 291 g/mol. The average Bonchev–Trinajstić information content (AvgIpc) is 2.39. The van der Waals surface area contributed by atoms with E-state index in [-0.39, 0.29) is 11.5 Å². The first kappa shape index (κ1) is 16.4. The zero-order valence-electron chi connectivity index (χ0n) is 11.9. The second-order valence-corrected chi connectivity index (χ2v) is 7.84. The van der Waals surface area contributed by atoms with Crippen molar-refractivity contribution >= 4 is 15.8 Å². The highest BCUT2D eigenvalue weighted by Crippen LogP contribution is 2.35. The van der Waals surface area contributed by atoms with Crippen molar-refractivity contribution in [3.05, 3.63) is 0 Å². The molecular weight excluding hydrogens is 266 g/mol. The molecule has 1 N–H and O–H groups in total. The summed E-state index contributed by atoms with van der Waals surface area (Å²) >= 11 is 0. The van der Waals surface area contributed by atoms with Crippen LogP contribution in [0.4, 0.5) is 0 Å². The van der Waals surface area contributed by atoms with Crippen molar-refractivity contribution in [3.63, 3.8) is 0 Å². The van der Waals surface area contributed by atoms with Crippen LogP contribution in [-0.4, -0.2) is 55.5 Å². The van der Waals surface area contributed by atoms with Gasteiger partial charge in [-0.2, -0.15) is 0 Å². The van der Waals surface area contributed by atoms with Gasteiger partial charge in [-0.3, -0.25) is 4.79 Å². The Labute approximate surface area is 115 Å². The molecule has 0 radical (unpaired) electrons. The van der Waals surface area contributed by atoms with Crippen LogP contribution in [-0.2, 0) is 14.6 Å². The number of likely N-dealkylation sites (tertiary alicyclic amines) is 1. The smallest absolute Gasteiger partial charge is 0.309 e. The highest BCUT2D eigenvalue weighted by molar-refractivity contribution is 7.91. The summed E-state index contributed by atoms with van der Waals surface area (Å²) in [6, 6.07) is 0. The maximum absolute atomic E-state index is 11.4. The van der Waals surface area contributed by atoms with E-state index in [1.807, 2.05) is 6.92 Å². The van der Waals surface area contributed by atoms with Crippen molar-refractivity contribution in [2.75, 3.05) is 31.1 Å². The lowest BCUT2D eigenvalue weighted by Gasteiger charge is -2.38. The molecular formula is C13H25NO4S. The Bertz CT molecular complexity index is 397. The van der Waals surface area contributed by atoms with E-state index in [2.05, 4.69) is 4.90 Å². The van der Waals surface area contributed by atoms with E-state index in [0.717, 1.165) is 19.6 Å². The normalized spacial score (nSPS) is 20.3. The molecule has 0 atom stereocenters. The topological polar surface area (TPSA) is 74.7 Å². The highest BCUT2D eigenvalue weighted by atomic mass is 32.2. The SMILES string of the molecule is CCC1(C(=O)O)CCN(CCCS(=O)(=O)CC)CC1. The second kappa shape index (κ2) is 6.70. The largest absolute Gasteiger partial charge is 0.481 e. The van der Waals surface area contributed by atoms with Crippen LogP contribution < -0.4 is 0 Å². The standard InChI is InChI=1S/C13H25NO4S/c1-3-13(12(15)16)6-9-14(10-7-13)8-5-11-19(17,18)4-2/h3-11H2,1-2H3,(H,15,16). The molecule has 5 nitrogen and oxygen atoms in total. The van der Waals surface area contributed by atoms with E-state index in [1.165, 1.54) is 0 Å². The Morgan fingerprint density at radius 2 is 1.84 bits per heavy atom. The fourth-order valence-electron chi connectivity index (χ4n) is 2.58. The van der Waals surface area contributed by atoms with Gasteiger partial charge in [-0.05, 0) is 45.3 Å². The quantitative estimate of drug-likeness (QED) is 0.767. The Balaban J connectivity index is 2.37. The van der Waals surface area contributed by atoms with E-state index in [9.17, 15) is 18.3 Å². The minimum atomic E-state index is -2.88. The van der Waals surface area contributed by atoms with Gasteiger partial charge in [0.2, 0.25) is 0 Å². The van der Waals surface area contributed by atoms with E-state index >= 15 is 0 Å². The van der Waals surface area contributed by atoms with E-state index in [1.54, 1.807) is 6.92 Å². The Hall–Kier alpha value is -0.620. The summed E-state index contributed by atoms with van der Waals surface area (Å²) in [5.41, 5.74) is -0.563. The number of carbonyl (C=O) groups is 1. The fourth-order valence-corrected chi connectivity index (χ4v) is 3.43. The van der Waals surface area contributed by atoms with Gasteiger partial charge in [0.05, 0.1) is 11.2 Å². The maximum Gasteiger partial charge on any atom is 0.309 e. The summed E-state index contributed by atoms with van der Waals surface area (Å²) in [7, 11) is -2.88. The number of aliphatic carboxylic acids is 1. The van der Waals surface area contributed by atoms with Gasteiger partial charge in [0.15, 0.2) is 0 Å². The van der Waals surface area contributed by atoms with Crippen LogP contribution >= 0.6 is 0 Å². The van der Waals surface area contributed by atoms with E-state index in [4.69, 9.17) is 0 Å². The van der Waals surface area contributed by atoms with Crippen LogP contribution in [0.5, 0.6) is 0 Å². The van der Waals surface area contributed by atoms with Crippen molar-refractivity contribution in [1.29, 1.82) is 0 Å². The highest BCUT2D eigenvalue weighted by Gasteiger charge is 2.39. The third-order valence-corrected chi connectivity index (χ3v) is 6.10. The molecule has 1 aliphatic rings.